The maximum atomic E-state index is 5.79. The van der Waals surface area contributed by atoms with Gasteiger partial charge in [-0.15, -0.1) is 10.2 Å². The van der Waals surface area contributed by atoms with Gasteiger partial charge in [0.1, 0.15) is 6.33 Å². The average molecular weight is 206 g/mol. The van der Waals surface area contributed by atoms with Crippen molar-refractivity contribution in [1.29, 1.82) is 0 Å². The molecule has 0 aliphatic heterocycles. The third-order valence-electron chi connectivity index (χ3n) is 1.57. The van der Waals surface area contributed by atoms with Crippen LogP contribution in [0.2, 0.25) is 5.28 Å². The Morgan fingerprint density at radius 2 is 2.50 bits per heavy atom. The molecular weight excluding hydrogens is 194 g/mol. The minimum atomic E-state index is 0.373. The van der Waals surface area contributed by atoms with Crippen LogP contribution in [0.1, 0.15) is 19.9 Å². The Labute approximate surface area is 81.5 Å². The SMILES string of the molecule is CCSCC(C)n1cnnc1Cl. The molecule has 0 aliphatic rings. The molecule has 0 bridgehead atoms. The number of hydrogen-bond acceptors (Lipinski definition) is 3. The van der Waals surface area contributed by atoms with Crippen molar-refractivity contribution in [3.8, 4) is 0 Å². The van der Waals surface area contributed by atoms with Gasteiger partial charge in [0, 0.05) is 11.8 Å². The molecule has 0 spiro atoms. The Hall–Kier alpha value is -0.220. The number of halogens is 1. The van der Waals surface area contributed by atoms with Gasteiger partial charge in [-0.1, -0.05) is 6.92 Å². The molecule has 12 heavy (non-hydrogen) atoms. The fraction of sp³-hybridized carbons (Fsp3) is 0.714. The lowest BCUT2D eigenvalue weighted by Gasteiger charge is -2.11. The van der Waals surface area contributed by atoms with Gasteiger partial charge in [-0.3, -0.25) is 0 Å². The van der Waals surface area contributed by atoms with E-state index in [9.17, 15) is 0 Å². The number of nitrogens with zero attached hydrogens (tertiary/aromatic N) is 3. The maximum Gasteiger partial charge on any atom is 0.225 e. The van der Waals surface area contributed by atoms with Crippen LogP contribution in [0.3, 0.4) is 0 Å². The Kier molecular flexibility index (Phi) is 3.88. The molecule has 1 atom stereocenters. The van der Waals surface area contributed by atoms with Crippen molar-refractivity contribution in [2.24, 2.45) is 0 Å². The summed E-state index contributed by atoms with van der Waals surface area (Å²) in [5.74, 6) is 2.18. The van der Waals surface area contributed by atoms with Gasteiger partial charge in [-0.05, 0) is 24.3 Å². The van der Waals surface area contributed by atoms with Crippen LogP contribution < -0.4 is 0 Å². The first-order valence-corrected chi connectivity index (χ1v) is 5.41. The van der Waals surface area contributed by atoms with Crippen molar-refractivity contribution < 1.29 is 0 Å². The number of hydrogen-bond donors (Lipinski definition) is 0. The first-order valence-electron chi connectivity index (χ1n) is 3.88. The van der Waals surface area contributed by atoms with Crippen LogP contribution in [0, 0.1) is 0 Å². The van der Waals surface area contributed by atoms with E-state index in [-0.39, 0.29) is 0 Å². The fourth-order valence-corrected chi connectivity index (χ4v) is 1.88. The van der Waals surface area contributed by atoms with Gasteiger partial charge in [0.25, 0.3) is 0 Å². The van der Waals surface area contributed by atoms with E-state index in [0.717, 1.165) is 11.5 Å². The van der Waals surface area contributed by atoms with E-state index in [2.05, 4.69) is 24.0 Å². The summed E-state index contributed by atoms with van der Waals surface area (Å²) in [5, 5.41) is 7.91. The molecule has 0 saturated heterocycles. The molecule has 0 radical (unpaired) electrons. The highest BCUT2D eigenvalue weighted by molar-refractivity contribution is 7.99. The largest absolute Gasteiger partial charge is 0.301 e. The summed E-state index contributed by atoms with van der Waals surface area (Å²) in [6.45, 7) is 4.25. The monoisotopic (exact) mass is 205 g/mol. The van der Waals surface area contributed by atoms with E-state index in [0.29, 0.717) is 11.3 Å². The van der Waals surface area contributed by atoms with Crippen LogP contribution in [0.15, 0.2) is 6.33 Å². The molecule has 1 aromatic rings. The van der Waals surface area contributed by atoms with Crippen molar-refractivity contribution >= 4 is 23.4 Å². The number of rotatable bonds is 4. The Morgan fingerprint density at radius 3 is 3.00 bits per heavy atom. The summed E-state index contributed by atoms with van der Waals surface area (Å²) in [6.07, 6.45) is 1.67. The highest BCUT2D eigenvalue weighted by Gasteiger charge is 2.07. The van der Waals surface area contributed by atoms with Crippen molar-refractivity contribution in [2.45, 2.75) is 19.9 Å². The van der Waals surface area contributed by atoms with Crippen molar-refractivity contribution in [3.63, 3.8) is 0 Å². The molecule has 0 fully saturated rings. The van der Waals surface area contributed by atoms with E-state index >= 15 is 0 Å². The van der Waals surface area contributed by atoms with E-state index in [4.69, 9.17) is 11.6 Å². The Bertz CT molecular complexity index is 238. The van der Waals surface area contributed by atoms with Crippen LogP contribution in [-0.2, 0) is 0 Å². The summed E-state index contributed by atoms with van der Waals surface area (Å²) in [4.78, 5) is 0. The molecule has 0 aromatic carbocycles. The van der Waals surface area contributed by atoms with Gasteiger partial charge in [0.15, 0.2) is 0 Å². The van der Waals surface area contributed by atoms with E-state index in [1.165, 1.54) is 0 Å². The number of aromatic nitrogens is 3. The maximum absolute atomic E-state index is 5.79. The zero-order valence-electron chi connectivity index (χ0n) is 7.20. The first kappa shape index (κ1) is 9.86. The molecule has 0 saturated carbocycles. The van der Waals surface area contributed by atoms with Gasteiger partial charge in [0.2, 0.25) is 5.28 Å². The molecule has 3 nitrogen and oxygen atoms in total. The summed E-state index contributed by atoms with van der Waals surface area (Å²) >= 11 is 7.68. The van der Waals surface area contributed by atoms with Crippen LogP contribution in [0.25, 0.3) is 0 Å². The van der Waals surface area contributed by atoms with Gasteiger partial charge >= 0.3 is 0 Å². The second kappa shape index (κ2) is 4.72. The summed E-state index contributed by atoms with van der Waals surface area (Å²) in [5.41, 5.74) is 0. The van der Waals surface area contributed by atoms with E-state index < -0.39 is 0 Å². The standard InChI is InChI=1S/C7H12ClN3S/c1-3-12-4-6(2)11-5-9-10-7(11)8/h5-6H,3-4H2,1-2H3. The molecule has 68 valence electrons. The molecule has 1 heterocycles. The molecule has 5 heteroatoms. The predicted octanol–water partition coefficient (Wildman–Crippen LogP) is 2.25. The van der Waals surface area contributed by atoms with Gasteiger partial charge < -0.3 is 4.57 Å². The summed E-state index contributed by atoms with van der Waals surface area (Å²) in [6, 6.07) is 0.373. The Morgan fingerprint density at radius 1 is 1.75 bits per heavy atom. The highest BCUT2D eigenvalue weighted by atomic mass is 35.5. The third-order valence-corrected chi connectivity index (χ3v) is 2.96. The fourth-order valence-electron chi connectivity index (χ4n) is 0.893. The normalized spacial score (nSPS) is 13.2. The van der Waals surface area contributed by atoms with Gasteiger partial charge in [-0.2, -0.15) is 11.8 Å². The molecule has 1 aromatic heterocycles. The predicted molar refractivity (Wildman–Crippen MR) is 52.7 cm³/mol. The van der Waals surface area contributed by atoms with Crippen molar-refractivity contribution in [3.05, 3.63) is 11.6 Å². The number of thioether (sulfide) groups is 1. The molecule has 1 unspecified atom stereocenters. The average Bonchev–Trinajstić information content (AvgIpc) is 2.47. The van der Waals surface area contributed by atoms with E-state index in [1.807, 2.05) is 16.3 Å². The van der Waals surface area contributed by atoms with Crippen molar-refractivity contribution in [2.75, 3.05) is 11.5 Å². The highest BCUT2D eigenvalue weighted by Crippen LogP contribution is 2.16. The molecule has 0 amide bonds. The summed E-state index contributed by atoms with van der Waals surface area (Å²) < 4.78 is 1.88. The zero-order valence-corrected chi connectivity index (χ0v) is 8.77. The molecule has 0 aliphatic carbocycles. The lowest BCUT2D eigenvalue weighted by Crippen LogP contribution is -2.06. The molecular formula is C7H12ClN3S. The summed E-state index contributed by atoms with van der Waals surface area (Å²) in [7, 11) is 0. The van der Waals surface area contributed by atoms with E-state index in [1.54, 1.807) is 6.33 Å². The molecule has 1 rings (SSSR count). The second-order valence-corrected chi connectivity index (χ2v) is 4.17. The van der Waals surface area contributed by atoms with Crippen LogP contribution in [0.5, 0.6) is 0 Å². The molecule has 0 N–H and O–H groups in total. The first-order chi connectivity index (χ1) is 5.75. The van der Waals surface area contributed by atoms with Gasteiger partial charge in [0.05, 0.1) is 0 Å². The lowest BCUT2D eigenvalue weighted by atomic mass is 10.4. The smallest absolute Gasteiger partial charge is 0.225 e. The quantitative estimate of drug-likeness (QED) is 0.756. The minimum absolute atomic E-state index is 0.373. The zero-order chi connectivity index (χ0) is 8.97. The lowest BCUT2D eigenvalue weighted by molar-refractivity contribution is 0.608. The second-order valence-electron chi connectivity index (χ2n) is 2.52. The topological polar surface area (TPSA) is 30.7 Å². The Balaban J connectivity index is 2.52. The van der Waals surface area contributed by atoms with Crippen LogP contribution in [-0.4, -0.2) is 26.3 Å². The van der Waals surface area contributed by atoms with Crippen LogP contribution in [0.4, 0.5) is 0 Å². The third kappa shape index (κ3) is 2.38. The van der Waals surface area contributed by atoms with Gasteiger partial charge in [-0.25, -0.2) is 0 Å². The van der Waals surface area contributed by atoms with Crippen molar-refractivity contribution in [1.82, 2.24) is 14.8 Å². The van der Waals surface area contributed by atoms with Crippen LogP contribution >= 0.6 is 23.4 Å². The minimum Gasteiger partial charge on any atom is -0.301 e.